The Hall–Kier alpha value is -6.96. The third-order valence-corrected chi connectivity index (χ3v) is 15.0. The number of hydrogen-bond donors (Lipinski definition) is 2. The highest BCUT2D eigenvalue weighted by molar-refractivity contribution is 6.00. The van der Waals surface area contributed by atoms with Crippen molar-refractivity contribution in [3.8, 4) is 56.9 Å². The van der Waals surface area contributed by atoms with Gasteiger partial charge in [-0.15, -0.1) is 6.42 Å². The molecule has 8 bridgehead atoms. The molecule has 2 aliphatic rings. The van der Waals surface area contributed by atoms with Gasteiger partial charge in [0, 0.05) is 49.9 Å². The van der Waals surface area contributed by atoms with Crippen molar-refractivity contribution in [3.05, 3.63) is 165 Å². The lowest BCUT2D eigenvalue weighted by Crippen LogP contribution is -2.16. The summed E-state index contributed by atoms with van der Waals surface area (Å²) in [6.07, 6.45) is 14.8. The monoisotopic (exact) mass is 975 g/mol. The van der Waals surface area contributed by atoms with E-state index in [9.17, 15) is 0 Å². The molecule has 0 atom stereocenters. The van der Waals surface area contributed by atoms with E-state index in [1.165, 1.54) is 33.4 Å². The van der Waals surface area contributed by atoms with Gasteiger partial charge in [0.2, 0.25) is 0 Å². The zero-order valence-corrected chi connectivity index (χ0v) is 47.6. The molecular weight excluding hydrogens is 897 g/mol. The van der Waals surface area contributed by atoms with Crippen LogP contribution in [0.4, 0.5) is 0 Å². The number of hydrogen-bond acceptors (Lipinski definition) is 2. The van der Waals surface area contributed by atoms with Gasteiger partial charge in [-0.1, -0.05) is 197 Å². The van der Waals surface area contributed by atoms with Gasteiger partial charge in [-0.2, -0.15) is 0 Å². The summed E-state index contributed by atoms with van der Waals surface area (Å²) in [5, 5.41) is 0. The molecule has 74 heavy (non-hydrogen) atoms. The van der Waals surface area contributed by atoms with Crippen molar-refractivity contribution in [1.82, 2.24) is 19.9 Å². The molecule has 7 aromatic rings. The molecule has 4 heteroatoms. The number of H-pyrrole nitrogens is 2. The van der Waals surface area contributed by atoms with Gasteiger partial charge in [0.15, 0.2) is 0 Å². The van der Waals surface area contributed by atoms with Crippen LogP contribution >= 0.6 is 0 Å². The maximum Gasteiger partial charge on any atom is 0.0737 e. The summed E-state index contributed by atoms with van der Waals surface area (Å²) in [6, 6.07) is 38.8. The Kier molecular flexibility index (Phi) is 12.7. The average molecular weight is 975 g/mol. The van der Waals surface area contributed by atoms with Gasteiger partial charge in [0.05, 0.1) is 22.8 Å². The smallest absolute Gasteiger partial charge is 0.0737 e. The zero-order chi connectivity index (χ0) is 53.7. The van der Waals surface area contributed by atoms with Crippen molar-refractivity contribution in [2.75, 3.05) is 0 Å². The SMILES string of the molecule is C#Cc1ccc(-c2c3nc(c(-c4cc(C(C)(C)C)cc(C(C)(C)C)c4)c4ccc([nH]4)c(-c4cc(C(C)(C)C)cc(C(C)(C)C)c4)c4nc(c(-c5cc(C(C)(C)C)cc(C(C)(C)C)c5)c5ccc2[nH]5)C=C4)C=C3)cc1. The summed E-state index contributed by atoms with van der Waals surface area (Å²) in [7, 11) is 0. The van der Waals surface area contributed by atoms with Gasteiger partial charge in [-0.3, -0.25) is 0 Å². The quantitative estimate of drug-likeness (QED) is 0.173. The number of benzene rings is 4. The van der Waals surface area contributed by atoms with Crippen LogP contribution in [-0.4, -0.2) is 19.9 Å². The molecule has 4 aromatic carbocycles. The predicted octanol–water partition coefficient (Wildman–Crippen LogP) is 19.1. The number of nitrogens with zero attached hydrogens (tertiary/aromatic N) is 2. The van der Waals surface area contributed by atoms with Crippen molar-refractivity contribution in [3.63, 3.8) is 0 Å². The Morgan fingerprint density at radius 2 is 0.541 bits per heavy atom. The minimum Gasteiger partial charge on any atom is -0.354 e. The Morgan fingerprint density at radius 3 is 0.757 bits per heavy atom. The molecule has 378 valence electrons. The van der Waals surface area contributed by atoms with Gasteiger partial charge in [-0.25, -0.2) is 9.97 Å². The molecule has 0 saturated heterocycles. The van der Waals surface area contributed by atoms with Crippen molar-refractivity contribution in [2.24, 2.45) is 0 Å². The summed E-state index contributed by atoms with van der Waals surface area (Å²) >= 11 is 0. The van der Waals surface area contributed by atoms with Crippen LogP contribution in [0, 0.1) is 12.3 Å². The van der Waals surface area contributed by atoms with Crippen LogP contribution in [0.25, 0.3) is 90.9 Å². The number of fused-ring (bicyclic) bond motifs is 8. The van der Waals surface area contributed by atoms with Crippen molar-refractivity contribution in [2.45, 2.75) is 157 Å². The Bertz CT molecular complexity index is 3470. The van der Waals surface area contributed by atoms with E-state index < -0.39 is 0 Å². The summed E-state index contributed by atoms with van der Waals surface area (Å²) < 4.78 is 0. The Labute approximate surface area is 443 Å². The molecule has 2 aliphatic heterocycles. The first-order valence-corrected chi connectivity index (χ1v) is 26.6. The number of aromatic nitrogens is 4. The third-order valence-electron chi connectivity index (χ3n) is 15.0. The standard InChI is InChI=1S/C70H78N4/c1-20-42-21-23-43(24-22-42)61-53-25-27-55(71-53)62(44-33-47(65(2,3)4)39-48(34-44)66(5,6)7)57-29-31-59(73-57)64(46-37-51(69(14,15)16)41-52(38-46)70(17,18)19)60-32-30-58(74-60)63(56-28-26-54(61)72-56)45-35-49(67(8,9)10)40-50(36-45)68(11,12)13/h1,21-41,71,74H,2-19H3. The first-order chi connectivity index (χ1) is 34.4. The van der Waals surface area contributed by atoms with Gasteiger partial charge < -0.3 is 9.97 Å². The normalized spacial score (nSPS) is 13.4. The van der Waals surface area contributed by atoms with Gasteiger partial charge in [-0.05, 0) is 149 Å². The maximum absolute atomic E-state index is 5.94. The van der Waals surface area contributed by atoms with Crippen LogP contribution in [0.2, 0.25) is 0 Å². The number of rotatable bonds is 4. The topological polar surface area (TPSA) is 57.4 Å². The molecule has 0 saturated carbocycles. The average Bonchev–Trinajstić information content (AvgIpc) is 4.16. The predicted molar refractivity (Wildman–Crippen MR) is 321 cm³/mol. The molecule has 0 amide bonds. The maximum atomic E-state index is 5.94. The first-order valence-electron chi connectivity index (χ1n) is 26.6. The minimum absolute atomic E-state index is 0.0968. The van der Waals surface area contributed by atoms with E-state index in [2.05, 4.69) is 256 Å². The molecule has 0 fully saturated rings. The fourth-order valence-corrected chi connectivity index (χ4v) is 10.1. The highest BCUT2D eigenvalue weighted by atomic mass is 14.8. The molecule has 3 aromatic heterocycles. The van der Waals surface area contributed by atoms with Gasteiger partial charge in [0.1, 0.15) is 0 Å². The molecule has 2 N–H and O–H groups in total. The lowest BCUT2D eigenvalue weighted by Gasteiger charge is -2.26. The van der Waals surface area contributed by atoms with E-state index in [0.29, 0.717) is 0 Å². The summed E-state index contributed by atoms with van der Waals surface area (Å²) in [4.78, 5) is 19.6. The van der Waals surface area contributed by atoms with Crippen molar-refractivity contribution >= 4 is 46.4 Å². The van der Waals surface area contributed by atoms with Gasteiger partial charge in [0.25, 0.3) is 0 Å². The zero-order valence-electron chi connectivity index (χ0n) is 47.6. The molecule has 4 nitrogen and oxygen atoms in total. The first kappa shape index (κ1) is 51.9. The lowest BCUT2D eigenvalue weighted by atomic mass is 9.78. The fraction of sp³-hybridized carbons (Fsp3) is 0.343. The second-order valence-corrected chi connectivity index (χ2v) is 27.1. The molecule has 0 aliphatic carbocycles. The number of aromatic amines is 2. The highest BCUT2D eigenvalue weighted by Crippen LogP contribution is 2.44. The fourth-order valence-electron chi connectivity index (χ4n) is 10.1. The molecule has 9 rings (SSSR count). The molecule has 0 spiro atoms. The second-order valence-electron chi connectivity index (χ2n) is 27.1. The summed E-state index contributed by atoms with van der Waals surface area (Å²) in [6.45, 7) is 41.5. The van der Waals surface area contributed by atoms with Crippen LogP contribution in [0.1, 0.15) is 186 Å². The summed E-state index contributed by atoms with van der Waals surface area (Å²) in [5.74, 6) is 2.83. The molecule has 0 radical (unpaired) electrons. The van der Waals surface area contributed by atoms with Gasteiger partial charge >= 0.3 is 0 Å². The Balaban J connectivity index is 1.53. The van der Waals surface area contributed by atoms with Crippen molar-refractivity contribution in [1.29, 1.82) is 0 Å². The summed E-state index contributed by atoms with van der Waals surface area (Å²) in [5.41, 5.74) is 23.9. The lowest BCUT2D eigenvalue weighted by molar-refractivity contribution is 0.568. The Morgan fingerprint density at radius 1 is 0.311 bits per heavy atom. The van der Waals surface area contributed by atoms with E-state index >= 15 is 0 Å². The largest absolute Gasteiger partial charge is 0.354 e. The minimum atomic E-state index is -0.0976. The van der Waals surface area contributed by atoms with Crippen LogP contribution in [0.5, 0.6) is 0 Å². The number of terminal acetylenes is 1. The van der Waals surface area contributed by atoms with Crippen LogP contribution < -0.4 is 0 Å². The number of nitrogens with one attached hydrogen (secondary N) is 2. The van der Waals surface area contributed by atoms with Crippen molar-refractivity contribution < 1.29 is 0 Å². The van der Waals surface area contributed by atoms with E-state index in [1.807, 2.05) is 12.1 Å². The highest BCUT2D eigenvalue weighted by Gasteiger charge is 2.28. The third kappa shape index (κ3) is 10.3. The molecule has 5 heterocycles. The van der Waals surface area contributed by atoms with E-state index in [4.69, 9.17) is 16.4 Å². The van der Waals surface area contributed by atoms with E-state index in [-0.39, 0.29) is 32.5 Å². The second kappa shape index (κ2) is 18.2. The molecular formula is C70H78N4. The van der Waals surface area contributed by atoms with Crippen LogP contribution in [0.3, 0.4) is 0 Å². The van der Waals surface area contributed by atoms with Crippen LogP contribution in [0.15, 0.2) is 103 Å². The van der Waals surface area contributed by atoms with E-state index in [0.717, 1.165) is 94.9 Å². The molecule has 0 unspecified atom stereocenters. The van der Waals surface area contributed by atoms with Crippen LogP contribution in [-0.2, 0) is 32.5 Å². The van der Waals surface area contributed by atoms with E-state index in [1.54, 1.807) is 0 Å².